The van der Waals surface area contributed by atoms with Crippen LogP contribution in [0, 0.1) is 5.41 Å². The maximum atomic E-state index is 13.0. The summed E-state index contributed by atoms with van der Waals surface area (Å²) in [4.78, 5) is 45.5. The molecule has 3 aliphatic rings. The van der Waals surface area contributed by atoms with E-state index in [9.17, 15) is 9.59 Å². The minimum Gasteiger partial charge on any atom is -0.444 e. The number of carbonyl (C=O) groups excluding carboxylic acids is 2. The Balaban J connectivity index is 1.11. The first-order valence-electron chi connectivity index (χ1n) is 15.6. The molecule has 1 saturated carbocycles. The Labute approximate surface area is 253 Å². The topological polar surface area (TPSA) is 109 Å². The van der Waals surface area contributed by atoms with E-state index in [-0.39, 0.29) is 23.5 Å². The lowest BCUT2D eigenvalue weighted by molar-refractivity contribution is 0.0266. The van der Waals surface area contributed by atoms with Crippen molar-refractivity contribution in [1.29, 1.82) is 0 Å². The Morgan fingerprint density at radius 1 is 1.02 bits per heavy atom. The highest BCUT2D eigenvalue weighted by Gasteiger charge is 2.43. The Hall–Kier alpha value is -3.89. The summed E-state index contributed by atoms with van der Waals surface area (Å²) in [7, 11) is 3.56. The zero-order valence-electron chi connectivity index (χ0n) is 26.1. The minimum absolute atomic E-state index is 0.0198. The minimum atomic E-state index is -0.472. The van der Waals surface area contributed by atoms with Crippen LogP contribution in [0.2, 0.25) is 0 Å². The van der Waals surface area contributed by atoms with Gasteiger partial charge in [0.05, 0.1) is 11.9 Å². The van der Waals surface area contributed by atoms with Gasteiger partial charge in [-0.15, -0.1) is 0 Å². The maximum Gasteiger partial charge on any atom is 0.410 e. The fraction of sp³-hybridized carbons (Fsp3) is 0.594. The molecule has 2 amide bonds. The highest BCUT2D eigenvalue weighted by molar-refractivity contribution is 5.97. The third kappa shape index (κ3) is 6.12. The fourth-order valence-electron chi connectivity index (χ4n) is 6.82. The van der Waals surface area contributed by atoms with E-state index in [1.54, 1.807) is 25.2 Å². The molecule has 0 bridgehead atoms. The van der Waals surface area contributed by atoms with Crippen LogP contribution < -0.4 is 10.2 Å². The van der Waals surface area contributed by atoms with Crippen LogP contribution in [-0.4, -0.2) is 87.2 Å². The van der Waals surface area contributed by atoms with Gasteiger partial charge in [-0.1, -0.05) is 12.8 Å². The molecule has 11 nitrogen and oxygen atoms in total. The normalized spacial score (nSPS) is 18.9. The number of nitrogens with one attached hydrogen (secondary N) is 1. The first-order valence-corrected chi connectivity index (χ1v) is 15.6. The number of hydrogen-bond acceptors (Lipinski definition) is 8. The van der Waals surface area contributed by atoms with E-state index < -0.39 is 5.60 Å². The lowest BCUT2D eigenvalue weighted by Gasteiger charge is -2.40. The predicted octanol–water partition coefficient (Wildman–Crippen LogP) is 5.61. The van der Waals surface area contributed by atoms with Crippen molar-refractivity contribution in [1.82, 2.24) is 29.3 Å². The first-order chi connectivity index (χ1) is 20.5. The Kier molecular flexibility index (Phi) is 7.68. The third-order valence-corrected chi connectivity index (χ3v) is 9.16. The number of fused-ring (bicyclic) bond motifs is 1. The van der Waals surface area contributed by atoms with Gasteiger partial charge in [-0.05, 0) is 76.5 Å². The van der Waals surface area contributed by atoms with Crippen molar-refractivity contribution in [2.24, 2.45) is 5.41 Å². The Morgan fingerprint density at radius 2 is 1.74 bits per heavy atom. The van der Waals surface area contributed by atoms with E-state index in [0.717, 1.165) is 87.8 Å². The van der Waals surface area contributed by atoms with Crippen LogP contribution in [0.3, 0.4) is 0 Å². The van der Waals surface area contributed by atoms with Crippen molar-refractivity contribution >= 4 is 40.5 Å². The molecule has 0 aromatic carbocycles. The number of hydrogen-bond donors (Lipinski definition) is 1. The van der Waals surface area contributed by atoms with Crippen molar-refractivity contribution in [2.45, 2.75) is 77.4 Å². The second-order valence-corrected chi connectivity index (χ2v) is 13.7. The number of aromatic nitrogens is 4. The van der Waals surface area contributed by atoms with Crippen LogP contribution in [0.1, 0.15) is 82.2 Å². The van der Waals surface area contributed by atoms with Crippen LogP contribution in [0.25, 0.3) is 11.0 Å². The van der Waals surface area contributed by atoms with Crippen LogP contribution >= 0.6 is 0 Å². The van der Waals surface area contributed by atoms with Gasteiger partial charge in [0, 0.05) is 57.9 Å². The van der Waals surface area contributed by atoms with Crippen LogP contribution in [0.15, 0.2) is 30.6 Å². The average Bonchev–Trinajstić information content (AvgIpc) is 3.72. The number of likely N-dealkylation sites (tertiary alicyclic amines) is 1. The molecule has 0 radical (unpaired) electrons. The second kappa shape index (κ2) is 11.3. The summed E-state index contributed by atoms with van der Waals surface area (Å²) in [5.41, 5.74) is 2.23. The van der Waals surface area contributed by atoms with Gasteiger partial charge in [-0.2, -0.15) is 4.98 Å². The molecule has 0 atom stereocenters. The summed E-state index contributed by atoms with van der Waals surface area (Å²) in [6, 6.07) is 6.23. The first kappa shape index (κ1) is 29.2. The number of amides is 2. The Morgan fingerprint density at radius 3 is 2.40 bits per heavy atom. The molecule has 11 heteroatoms. The molecule has 43 heavy (non-hydrogen) atoms. The van der Waals surface area contributed by atoms with Gasteiger partial charge in [0.2, 0.25) is 5.95 Å². The zero-order valence-corrected chi connectivity index (χ0v) is 26.1. The number of nitrogens with zero attached hydrogens (tertiary/aromatic N) is 7. The second-order valence-electron chi connectivity index (χ2n) is 13.7. The van der Waals surface area contributed by atoms with E-state index in [4.69, 9.17) is 9.72 Å². The van der Waals surface area contributed by atoms with Gasteiger partial charge in [-0.3, -0.25) is 4.79 Å². The fourth-order valence-corrected chi connectivity index (χ4v) is 6.82. The summed E-state index contributed by atoms with van der Waals surface area (Å²) in [5.74, 6) is 1.11. The summed E-state index contributed by atoms with van der Waals surface area (Å²) in [5, 5.41) is 4.13. The Bertz CT molecular complexity index is 1480. The van der Waals surface area contributed by atoms with E-state index in [2.05, 4.69) is 30.8 Å². The SMILES string of the molecule is CN(C)C(=O)c1cc2cnc(Nc3ccc(N4CCC5(CCN(C(=O)OC(C)(C)C)C5)CC4)cn3)nc2n1C1CCCC1. The number of ether oxygens (including phenoxy) is 1. The van der Waals surface area contributed by atoms with Crippen LogP contribution in [-0.2, 0) is 4.74 Å². The van der Waals surface area contributed by atoms with Crippen molar-refractivity contribution in [3.05, 3.63) is 36.3 Å². The van der Waals surface area contributed by atoms with Gasteiger partial charge < -0.3 is 29.3 Å². The molecule has 5 heterocycles. The molecule has 2 saturated heterocycles. The van der Waals surface area contributed by atoms with E-state index in [0.29, 0.717) is 17.5 Å². The summed E-state index contributed by atoms with van der Waals surface area (Å²) < 4.78 is 7.73. The lowest BCUT2D eigenvalue weighted by Crippen LogP contribution is -2.43. The standard InChI is InChI=1S/C32H44N8O3/c1-31(2,3)43-30(42)39-17-14-32(21-39)12-15-38(16-13-32)24-10-11-26(33-20-24)35-29-34-19-22-18-25(28(41)37(4)5)40(27(22)36-29)23-8-6-7-9-23/h10-11,18-20,23H,6-9,12-17,21H2,1-5H3,(H,33,34,35,36). The molecular formula is C32H44N8O3. The zero-order chi connectivity index (χ0) is 30.4. The number of carbonyl (C=O) groups is 2. The van der Waals surface area contributed by atoms with Crippen LogP contribution in [0.5, 0.6) is 0 Å². The molecular weight excluding hydrogens is 544 g/mol. The van der Waals surface area contributed by atoms with Gasteiger partial charge in [0.1, 0.15) is 22.8 Å². The highest BCUT2D eigenvalue weighted by atomic mass is 16.6. The molecule has 3 aromatic heterocycles. The van der Waals surface area contributed by atoms with E-state index in [1.165, 1.54) is 0 Å². The molecule has 3 fully saturated rings. The predicted molar refractivity (Wildman–Crippen MR) is 167 cm³/mol. The molecule has 1 aliphatic carbocycles. The maximum absolute atomic E-state index is 13.0. The molecule has 0 unspecified atom stereocenters. The van der Waals surface area contributed by atoms with Gasteiger partial charge >= 0.3 is 6.09 Å². The molecule has 230 valence electrons. The van der Waals surface area contributed by atoms with Gasteiger partial charge in [0.25, 0.3) is 5.91 Å². The van der Waals surface area contributed by atoms with Crippen molar-refractivity contribution in [2.75, 3.05) is 50.5 Å². The smallest absolute Gasteiger partial charge is 0.410 e. The highest BCUT2D eigenvalue weighted by Crippen LogP contribution is 2.42. The monoisotopic (exact) mass is 588 g/mol. The lowest BCUT2D eigenvalue weighted by atomic mass is 9.77. The van der Waals surface area contributed by atoms with Crippen molar-refractivity contribution in [3.63, 3.8) is 0 Å². The van der Waals surface area contributed by atoms with Crippen molar-refractivity contribution < 1.29 is 14.3 Å². The van der Waals surface area contributed by atoms with Gasteiger partial charge in [0.15, 0.2) is 0 Å². The quantitative estimate of drug-likeness (QED) is 0.410. The average molecular weight is 589 g/mol. The number of piperidine rings is 1. The van der Waals surface area contributed by atoms with Crippen LogP contribution in [0.4, 0.5) is 22.2 Å². The molecule has 2 aliphatic heterocycles. The molecule has 3 aromatic rings. The van der Waals surface area contributed by atoms with Crippen molar-refractivity contribution in [3.8, 4) is 0 Å². The summed E-state index contributed by atoms with van der Waals surface area (Å²) >= 11 is 0. The largest absolute Gasteiger partial charge is 0.444 e. The summed E-state index contributed by atoms with van der Waals surface area (Å²) in [6.07, 6.45) is 11.0. The van der Waals surface area contributed by atoms with Gasteiger partial charge in [-0.25, -0.2) is 14.8 Å². The van der Waals surface area contributed by atoms with E-state index in [1.807, 2.05) is 44.0 Å². The van der Waals surface area contributed by atoms with E-state index >= 15 is 0 Å². The number of rotatable bonds is 5. The molecule has 1 spiro atoms. The summed E-state index contributed by atoms with van der Waals surface area (Å²) in [6.45, 7) is 9.15. The number of pyridine rings is 1. The third-order valence-electron chi connectivity index (χ3n) is 9.16. The molecule has 6 rings (SSSR count). The molecule has 1 N–H and O–H groups in total. The number of anilines is 3.